The lowest BCUT2D eigenvalue weighted by atomic mass is 10.1. The predicted molar refractivity (Wildman–Crippen MR) is 63.6 cm³/mol. The maximum absolute atomic E-state index is 13.4. The quantitative estimate of drug-likeness (QED) is 0.803. The third-order valence-electron chi connectivity index (χ3n) is 2.19. The first-order valence-electron chi connectivity index (χ1n) is 4.20. The van der Waals surface area contributed by atoms with E-state index in [-0.39, 0.29) is 5.82 Å². The third-order valence-corrected chi connectivity index (χ3v) is 3.37. The van der Waals surface area contributed by atoms with Crippen LogP contribution in [0.4, 0.5) is 10.1 Å². The number of nitrogens with zero attached hydrogens (tertiary/aromatic N) is 1. The molecule has 0 radical (unpaired) electrons. The summed E-state index contributed by atoms with van der Waals surface area (Å²) < 4.78 is 13.7. The Kier molecular flexibility index (Phi) is 2.56. The van der Waals surface area contributed by atoms with Crippen LogP contribution in [0.15, 0.2) is 16.7 Å². The molecular formula is C10H7BrClFN2. The molecule has 0 atom stereocenters. The number of fused-ring (bicyclic) bond motifs is 1. The van der Waals surface area contributed by atoms with Gasteiger partial charge in [0.1, 0.15) is 5.82 Å². The lowest BCUT2D eigenvalue weighted by Crippen LogP contribution is -1.94. The first kappa shape index (κ1) is 10.6. The monoisotopic (exact) mass is 288 g/mol. The average Bonchev–Trinajstić information content (AvgIpc) is 2.19. The largest absolute Gasteiger partial charge is 0.396 e. The number of aromatic nitrogens is 1. The van der Waals surface area contributed by atoms with Crippen LogP contribution in [-0.2, 0) is 0 Å². The number of rotatable bonds is 0. The number of pyridine rings is 1. The van der Waals surface area contributed by atoms with Crippen LogP contribution >= 0.6 is 27.5 Å². The summed E-state index contributed by atoms with van der Waals surface area (Å²) in [7, 11) is 0. The molecule has 78 valence electrons. The lowest BCUT2D eigenvalue weighted by molar-refractivity contribution is 0.622. The predicted octanol–water partition coefficient (Wildman–Crippen LogP) is 3.68. The van der Waals surface area contributed by atoms with Gasteiger partial charge in [0.05, 0.1) is 26.9 Å². The molecule has 0 unspecified atom stereocenters. The van der Waals surface area contributed by atoms with Crippen molar-refractivity contribution in [3.8, 4) is 0 Å². The van der Waals surface area contributed by atoms with Gasteiger partial charge in [0, 0.05) is 5.39 Å². The lowest BCUT2D eigenvalue weighted by Gasteiger charge is -2.08. The summed E-state index contributed by atoms with van der Waals surface area (Å²) in [6.07, 6.45) is 1.47. The number of benzene rings is 1. The molecule has 1 aromatic heterocycles. The smallest absolute Gasteiger partial charge is 0.138 e. The van der Waals surface area contributed by atoms with Crippen molar-refractivity contribution in [2.24, 2.45) is 0 Å². The van der Waals surface area contributed by atoms with Crippen molar-refractivity contribution in [1.82, 2.24) is 4.98 Å². The fourth-order valence-corrected chi connectivity index (χ4v) is 2.29. The molecule has 1 heterocycles. The molecule has 5 heteroatoms. The van der Waals surface area contributed by atoms with Gasteiger partial charge in [0.15, 0.2) is 0 Å². The van der Waals surface area contributed by atoms with Crippen molar-refractivity contribution in [3.63, 3.8) is 0 Å². The molecule has 0 amide bonds. The first-order chi connectivity index (χ1) is 7.02. The molecule has 2 N–H and O–H groups in total. The normalized spacial score (nSPS) is 10.9. The summed E-state index contributed by atoms with van der Waals surface area (Å²) in [5.74, 6) is -0.366. The van der Waals surface area contributed by atoms with E-state index in [2.05, 4.69) is 20.9 Å². The van der Waals surface area contributed by atoms with Crippen molar-refractivity contribution in [2.75, 3.05) is 5.73 Å². The molecule has 0 bridgehead atoms. The minimum absolute atomic E-state index is 0.299. The van der Waals surface area contributed by atoms with E-state index in [1.165, 1.54) is 12.3 Å². The summed E-state index contributed by atoms with van der Waals surface area (Å²) in [4.78, 5) is 4.14. The molecule has 0 saturated carbocycles. The number of hydrogen-bond acceptors (Lipinski definition) is 2. The second kappa shape index (κ2) is 3.61. The van der Waals surface area contributed by atoms with Gasteiger partial charge in [-0.05, 0) is 34.5 Å². The van der Waals surface area contributed by atoms with E-state index in [4.69, 9.17) is 17.3 Å². The fraction of sp³-hybridized carbons (Fsp3) is 0.100. The molecule has 1 aromatic carbocycles. The zero-order valence-corrected chi connectivity index (χ0v) is 10.2. The summed E-state index contributed by atoms with van der Waals surface area (Å²) in [6, 6.07) is 1.41. The molecule has 0 aliphatic heterocycles. The summed E-state index contributed by atoms with van der Waals surface area (Å²) in [5.41, 5.74) is 7.34. The van der Waals surface area contributed by atoms with Gasteiger partial charge >= 0.3 is 0 Å². The molecule has 2 rings (SSSR count). The van der Waals surface area contributed by atoms with Crippen LogP contribution in [-0.4, -0.2) is 4.98 Å². The van der Waals surface area contributed by atoms with Gasteiger partial charge in [-0.1, -0.05) is 11.6 Å². The van der Waals surface area contributed by atoms with Crippen LogP contribution in [0.1, 0.15) is 5.56 Å². The highest BCUT2D eigenvalue weighted by molar-refractivity contribution is 9.10. The molecule has 0 aliphatic rings. The van der Waals surface area contributed by atoms with E-state index in [0.29, 0.717) is 26.1 Å². The molecular weight excluding hydrogens is 282 g/mol. The van der Waals surface area contributed by atoms with Crippen molar-refractivity contribution < 1.29 is 4.39 Å². The van der Waals surface area contributed by atoms with E-state index in [9.17, 15) is 4.39 Å². The second-order valence-corrected chi connectivity index (χ2v) is 4.41. The van der Waals surface area contributed by atoms with Gasteiger partial charge in [-0.3, -0.25) is 4.98 Å². The Bertz CT molecular complexity index is 549. The van der Waals surface area contributed by atoms with Crippen LogP contribution in [0.25, 0.3) is 10.9 Å². The SMILES string of the molecule is Cc1cc(F)c(Br)c2c(Cl)c(N)cnc12. The Hall–Kier alpha value is -0.870. The van der Waals surface area contributed by atoms with Crippen molar-refractivity contribution in [1.29, 1.82) is 0 Å². The molecule has 0 aliphatic carbocycles. The molecule has 15 heavy (non-hydrogen) atoms. The number of anilines is 1. The van der Waals surface area contributed by atoms with Gasteiger partial charge < -0.3 is 5.73 Å². The van der Waals surface area contributed by atoms with Crippen molar-refractivity contribution in [3.05, 3.63) is 33.1 Å². The van der Waals surface area contributed by atoms with Crippen LogP contribution in [0.3, 0.4) is 0 Å². The van der Waals surface area contributed by atoms with Crippen LogP contribution in [0.2, 0.25) is 5.02 Å². The van der Waals surface area contributed by atoms with Crippen LogP contribution in [0.5, 0.6) is 0 Å². The van der Waals surface area contributed by atoms with Crippen molar-refractivity contribution in [2.45, 2.75) is 6.92 Å². The van der Waals surface area contributed by atoms with Gasteiger partial charge in [-0.25, -0.2) is 4.39 Å². The molecule has 0 spiro atoms. The topological polar surface area (TPSA) is 38.9 Å². The fourth-order valence-electron chi connectivity index (χ4n) is 1.44. The van der Waals surface area contributed by atoms with E-state index in [1.54, 1.807) is 6.92 Å². The van der Waals surface area contributed by atoms with E-state index < -0.39 is 0 Å². The van der Waals surface area contributed by atoms with Crippen molar-refractivity contribution >= 4 is 44.1 Å². The highest BCUT2D eigenvalue weighted by Gasteiger charge is 2.13. The maximum Gasteiger partial charge on any atom is 0.138 e. The zero-order chi connectivity index (χ0) is 11.2. The van der Waals surface area contributed by atoms with Gasteiger partial charge in [-0.2, -0.15) is 0 Å². The minimum Gasteiger partial charge on any atom is -0.396 e. The molecule has 0 saturated heterocycles. The Morgan fingerprint density at radius 2 is 2.20 bits per heavy atom. The maximum atomic E-state index is 13.4. The minimum atomic E-state index is -0.366. The Morgan fingerprint density at radius 1 is 1.53 bits per heavy atom. The Balaban J connectivity index is 3.04. The summed E-state index contributed by atoms with van der Waals surface area (Å²) in [6.45, 7) is 1.78. The van der Waals surface area contributed by atoms with E-state index in [0.717, 1.165) is 5.56 Å². The highest BCUT2D eigenvalue weighted by atomic mass is 79.9. The van der Waals surface area contributed by atoms with Gasteiger partial charge in [-0.15, -0.1) is 0 Å². The summed E-state index contributed by atoms with van der Waals surface area (Å²) in [5, 5.41) is 0.851. The number of halogens is 3. The molecule has 0 fully saturated rings. The van der Waals surface area contributed by atoms with E-state index >= 15 is 0 Å². The number of hydrogen-bond donors (Lipinski definition) is 1. The number of nitrogens with two attached hydrogens (primary N) is 1. The van der Waals surface area contributed by atoms with Gasteiger partial charge in [0.2, 0.25) is 0 Å². The first-order valence-corrected chi connectivity index (χ1v) is 5.37. The number of nitrogen functional groups attached to an aromatic ring is 1. The molecule has 2 nitrogen and oxygen atoms in total. The van der Waals surface area contributed by atoms with Gasteiger partial charge in [0.25, 0.3) is 0 Å². The Morgan fingerprint density at radius 3 is 2.87 bits per heavy atom. The second-order valence-electron chi connectivity index (χ2n) is 3.24. The number of aryl methyl sites for hydroxylation is 1. The average molecular weight is 290 g/mol. The standard InChI is InChI=1S/C10H7BrClFN2/c1-4-2-5(13)8(11)7-9(12)6(14)3-15-10(4)7/h2-3H,14H2,1H3. The van der Waals surface area contributed by atoms with Crippen LogP contribution in [0, 0.1) is 12.7 Å². The highest BCUT2D eigenvalue weighted by Crippen LogP contribution is 2.36. The molecule has 2 aromatic rings. The summed E-state index contributed by atoms with van der Waals surface area (Å²) >= 11 is 9.16. The zero-order valence-electron chi connectivity index (χ0n) is 7.81. The Labute approximate surface area is 99.4 Å². The van der Waals surface area contributed by atoms with E-state index in [1.807, 2.05) is 0 Å². The third kappa shape index (κ3) is 1.58. The van der Waals surface area contributed by atoms with Crippen LogP contribution < -0.4 is 5.73 Å².